The highest BCUT2D eigenvalue weighted by Crippen LogP contribution is 2.44. The van der Waals surface area contributed by atoms with Crippen LogP contribution in [0.4, 0.5) is 0 Å². The highest BCUT2D eigenvalue weighted by molar-refractivity contribution is 6.31. The molecule has 1 aliphatic heterocycles. The molecule has 7 nitrogen and oxygen atoms in total. The number of hydrogen-bond donors (Lipinski definition) is 1. The van der Waals surface area contributed by atoms with Crippen LogP contribution in [0.1, 0.15) is 46.3 Å². The smallest absolute Gasteiger partial charge is 0.343 e. The predicted octanol–water partition coefficient (Wildman–Crippen LogP) is 7.15. The number of nitrogens with two attached hydrogens (primary N) is 1. The van der Waals surface area contributed by atoms with Gasteiger partial charge in [0.15, 0.2) is 0 Å². The Labute approximate surface area is 243 Å². The van der Waals surface area contributed by atoms with Crippen LogP contribution in [0.3, 0.4) is 0 Å². The molecule has 0 fully saturated rings. The summed E-state index contributed by atoms with van der Waals surface area (Å²) in [7, 11) is 0. The SMILES string of the molecule is CCCOc1ccc(C(=O)Oc2ccc3c(c2)OC(N)=C(C#N)C3c2cccc(OCc3ccccc3Cl)c2)cc1. The maximum Gasteiger partial charge on any atom is 0.343 e. The van der Waals surface area contributed by atoms with Gasteiger partial charge in [0.25, 0.3) is 0 Å². The van der Waals surface area contributed by atoms with E-state index in [1.54, 1.807) is 42.5 Å². The summed E-state index contributed by atoms with van der Waals surface area (Å²) in [5.74, 6) is 0.926. The van der Waals surface area contributed by atoms with Gasteiger partial charge in [-0.3, -0.25) is 0 Å². The lowest BCUT2D eigenvalue weighted by molar-refractivity contribution is 0.0734. The van der Waals surface area contributed by atoms with Crippen molar-refractivity contribution < 1.29 is 23.7 Å². The molecule has 1 aliphatic rings. The van der Waals surface area contributed by atoms with Crippen molar-refractivity contribution in [3.8, 4) is 29.1 Å². The van der Waals surface area contributed by atoms with Gasteiger partial charge >= 0.3 is 5.97 Å². The van der Waals surface area contributed by atoms with Crippen LogP contribution in [0.25, 0.3) is 0 Å². The van der Waals surface area contributed by atoms with Crippen LogP contribution < -0.4 is 24.7 Å². The number of ether oxygens (including phenoxy) is 4. The Balaban J connectivity index is 1.37. The van der Waals surface area contributed by atoms with E-state index in [-0.39, 0.29) is 17.2 Å². The van der Waals surface area contributed by atoms with Crippen molar-refractivity contribution in [2.24, 2.45) is 5.73 Å². The van der Waals surface area contributed by atoms with Gasteiger partial charge in [-0.25, -0.2) is 4.79 Å². The lowest BCUT2D eigenvalue weighted by Gasteiger charge is -2.27. The molecule has 206 valence electrons. The van der Waals surface area contributed by atoms with Gasteiger partial charge in [-0.05, 0) is 60.5 Å². The summed E-state index contributed by atoms with van der Waals surface area (Å²) in [6.07, 6.45) is 0.892. The van der Waals surface area contributed by atoms with E-state index in [1.165, 1.54) is 0 Å². The number of esters is 1. The van der Waals surface area contributed by atoms with Crippen LogP contribution in [0.2, 0.25) is 5.02 Å². The summed E-state index contributed by atoms with van der Waals surface area (Å²) in [6, 6.07) is 28.9. The summed E-state index contributed by atoms with van der Waals surface area (Å²) in [6.45, 7) is 2.92. The molecule has 0 aliphatic carbocycles. The minimum atomic E-state index is -0.524. The van der Waals surface area contributed by atoms with Crippen LogP contribution in [-0.4, -0.2) is 12.6 Å². The van der Waals surface area contributed by atoms with Crippen LogP contribution in [-0.2, 0) is 6.61 Å². The molecule has 4 aromatic rings. The van der Waals surface area contributed by atoms with Crippen molar-refractivity contribution in [1.82, 2.24) is 0 Å². The molecule has 1 atom stereocenters. The first-order valence-electron chi connectivity index (χ1n) is 13.1. The van der Waals surface area contributed by atoms with Crippen LogP contribution in [0, 0.1) is 11.3 Å². The largest absolute Gasteiger partial charge is 0.494 e. The molecule has 8 heteroatoms. The van der Waals surface area contributed by atoms with Gasteiger partial charge in [0.05, 0.1) is 18.1 Å². The summed E-state index contributed by atoms with van der Waals surface area (Å²) >= 11 is 6.27. The number of benzene rings is 4. The molecule has 41 heavy (non-hydrogen) atoms. The van der Waals surface area contributed by atoms with Crippen LogP contribution >= 0.6 is 11.6 Å². The average Bonchev–Trinajstić information content (AvgIpc) is 2.99. The Hall–Kier alpha value is -4.93. The lowest BCUT2D eigenvalue weighted by Crippen LogP contribution is -2.21. The van der Waals surface area contributed by atoms with Crippen LogP contribution in [0.5, 0.6) is 23.0 Å². The van der Waals surface area contributed by atoms with Crippen molar-refractivity contribution in [1.29, 1.82) is 5.26 Å². The molecule has 2 N–H and O–H groups in total. The zero-order valence-corrected chi connectivity index (χ0v) is 23.1. The van der Waals surface area contributed by atoms with E-state index in [9.17, 15) is 10.1 Å². The number of rotatable bonds is 9. The molecule has 0 saturated carbocycles. The zero-order valence-electron chi connectivity index (χ0n) is 22.3. The average molecular weight is 567 g/mol. The molecular formula is C33H27ClN2O5. The molecular weight excluding hydrogens is 540 g/mol. The highest BCUT2D eigenvalue weighted by atomic mass is 35.5. The predicted molar refractivity (Wildman–Crippen MR) is 155 cm³/mol. The van der Waals surface area contributed by atoms with E-state index in [2.05, 4.69) is 6.07 Å². The fourth-order valence-electron chi connectivity index (χ4n) is 4.48. The molecule has 1 unspecified atom stereocenters. The second-order valence-corrected chi connectivity index (χ2v) is 9.75. The highest BCUT2D eigenvalue weighted by Gasteiger charge is 2.31. The van der Waals surface area contributed by atoms with Gasteiger partial charge in [-0.15, -0.1) is 0 Å². The van der Waals surface area contributed by atoms with Crippen molar-refractivity contribution in [3.63, 3.8) is 0 Å². The minimum Gasteiger partial charge on any atom is -0.494 e. The number of hydrogen-bond acceptors (Lipinski definition) is 7. The minimum absolute atomic E-state index is 0.0152. The number of carbonyl (C=O) groups is 1. The van der Waals surface area contributed by atoms with E-state index < -0.39 is 11.9 Å². The lowest BCUT2D eigenvalue weighted by atomic mass is 9.83. The van der Waals surface area contributed by atoms with Gasteiger partial charge in [-0.2, -0.15) is 5.26 Å². The molecule has 0 bridgehead atoms. The Morgan fingerprint density at radius 2 is 1.73 bits per heavy atom. The third kappa shape index (κ3) is 6.29. The second-order valence-electron chi connectivity index (χ2n) is 9.34. The van der Waals surface area contributed by atoms with Gasteiger partial charge in [0.2, 0.25) is 5.88 Å². The molecule has 0 radical (unpaired) electrons. The van der Waals surface area contributed by atoms with Crippen molar-refractivity contribution in [2.45, 2.75) is 25.9 Å². The number of halogens is 1. The Morgan fingerprint density at radius 3 is 2.49 bits per heavy atom. The fraction of sp³-hybridized carbons (Fsp3) is 0.152. The fourth-order valence-corrected chi connectivity index (χ4v) is 4.67. The van der Waals surface area contributed by atoms with Crippen LogP contribution in [0.15, 0.2) is 102 Å². The normalized spacial score (nSPS) is 13.9. The van der Waals surface area contributed by atoms with E-state index >= 15 is 0 Å². The van der Waals surface area contributed by atoms with Gasteiger partial charge in [0.1, 0.15) is 41.2 Å². The van der Waals surface area contributed by atoms with E-state index in [0.717, 1.165) is 17.5 Å². The topological polar surface area (TPSA) is 104 Å². The van der Waals surface area contributed by atoms with Gasteiger partial charge < -0.3 is 24.7 Å². The number of nitriles is 1. The first-order chi connectivity index (χ1) is 20.0. The van der Waals surface area contributed by atoms with Gasteiger partial charge in [-0.1, -0.05) is 54.9 Å². The zero-order chi connectivity index (χ0) is 28.8. The molecule has 0 amide bonds. The van der Waals surface area contributed by atoms with E-state index in [4.69, 9.17) is 36.3 Å². The van der Waals surface area contributed by atoms with E-state index in [1.807, 2.05) is 55.5 Å². The van der Waals surface area contributed by atoms with Crippen molar-refractivity contribution in [3.05, 3.63) is 130 Å². The third-order valence-electron chi connectivity index (χ3n) is 6.51. The Morgan fingerprint density at radius 1 is 0.951 bits per heavy atom. The Kier molecular flexibility index (Phi) is 8.42. The quantitative estimate of drug-likeness (QED) is 0.169. The number of fused-ring (bicyclic) bond motifs is 1. The summed E-state index contributed by atoms with van der Waals surface area (Å²) in [5, 5.41) is 10.6. The standard InChI is InChI=1S/C33H27ClN2O5/c1-2-16-38-24-12-10-21(11-13-24)33(37)40-26-14-15-27-30(18-26)41-32(36)28(19-35)31(27)22-7-5-8-25(17-22)39-20-23-6-3-4-9-29(23)34/h3-15,17-18,31H,2,16,20,36H2,1H3. The maximum absolute atomic E-state index is 12.8. The number of allylic oxidation sites excluding steroid dienone is 1. The number of nitrogens with zero attached hydrogens (tertiary/aromatic N) is 1. The van der Waals surface area contributed by atoms with Crippen molar-refractivity contribution >= 4 is 17.6 Å². The molecule has 0 spiro atoms. The molecule has 0 aromatic heterocycles. The summed E-state index contributed by atoms with van der Waals surface area (Å²) in [4.78, 5) is 12.8. The first kappa shape index (κ1) is 27.6. The molecule has 5 rings (SSSR count). The molecule has 4 aromatic carbocycles. The maximum atomic E-state index is 12.8. The van der Waals surface area contributed by atoms with E-state index in [0.29, 0.717) is 46.6 Å². The first-order valence-corrected chi connectivity index (χ1v) is 13.5. The number of carbonyl (C=O) groups excluding carboxylic acids is 1. The van der Waals surface area contributed by atoms with Crippen molar-refractivity contribution in [2.75, 3.05) is 6.61 Å². The Bertz CT molecular complexity index is 1640. The molecule has 1 heterocycles. The summed E-state index contributed by atoms with van der Waals surface area (Å²) < 4.78 is 23.0. The monoisotopic (exact) mass is 566 g/mol. The molecule has 0 saturated heterocycles. The third-order valence-corrected chi connectivity index (χ3v) is 6.88. The van der Waals surface area contributed by atoms with Gasteiger partial charge in [0, 0.05) is 22.2 Å². The second kappa shape index (κ2) is 12.5. The summed E-state index contributed by atoms with van der Waals surface area (Å²) in [5.41, 5.74) is 9.19.